The molecule has 0 saturated carbocycles. The molecule has 12 heteroatoms. The van der Waals surface area contributed by atoms with Crippen molar-refractivity contribution in [3.05, 3.63) is 52.7 Å². The number of thiophene rings is 1. The molecule has 8 nitrogen and oxygen atoms in total. The standard InChI is InChI=1S/C24H24F3N5O3S/c1-28-22(33)16-13-36-21-17(24(25,26)27)10-19(30-20(16)21)31-8-5-15(6-9-31)35-23(34)32-11-14(12-32)18-4-2-3-7-29-18/h2-4,7,10,13-15H,5-6,8-9,11-12H2,1H3,(H,28,33). The van der Waals surface area contributed by atoms with Crippen LogP contribution in [0.4, 0.5) is 23.8 Å². The van der Waals surface area contributed by atoms with Gasteiger partial charge in [0.05, 0.1) is 21.3 Å². The van der Waals surface area contributed by atoms with Gasteiger partial charge in [0.1, 0.15) is 11.9 Å². The Morgan fingerprint density at radius 1 is 1.19 bits per heavy atom. The molecule has 2 fully saturated rings. The summed E-state index contributed by atoms with van der Waals surface area (Å²) in [5.41, 5.74) is 0.296. The number of likely N-dealkylation sites (tertiary alicyclic amines) is 1. The fourth-order valence-corrected chi connectivity index (χ4v) is 5.54. The Kier molecular flexibility index (Phi) is 6.45. The number of ether oxygens (including phenoxy) is 1. The molecule has 0 bridgehead atoms. The molecule has 3 aromatic rings. The summed E-state index contributed by atoms with van der Waals surface area (Å²) in [5.74, 6) is -0.133. The number of aromatic nitrogens is 2. The molecule has 36 heavy (non-hydrogen) atoms. The van der Waals surface area contributed by atoms with Gasteiger partial charge < -0.3 is 19.9 Å². The van der Waals surface area contributed by atoms with Crippen LogP contribution in [0.1, 0.15) is 40.4 Å². The van der Waals surface area contributed by atoms with Crippen LogP contribution in [-0.4, -0.2) is 66.2 Å². The largest absolute Gasteiger partial charge is 0.446 e. The summed E-state index contributed by atoms with van der Waals surface area (Å²) in [7, 11) is 1.42. The minimum Gasteiger partial charge on any atom is -0.446 e. The minimum absolute atomic E-state index is 0.0398. The zero-order chi connectivity index (χ0) is 25.4. The predicted molar refractivity (Wildman–Crippen MR) is 128 cm³/mol. The third kappa shape index (κ3) is 4.69. The molecule has 2 aliphatic heterocycles. The minimum atomic E-state index is -4.58. The highest BCUT2D eigenvalue weighted by molar-refractivity contribution is 7.17. The summed E-state index contributed by atoms with van der Waals surface area (Å²) in [4.78, 5) is 36.8. The molecule has 5 rings (SSSR count). The Balaban J connectivity index is 1.23. The van der Waals surface area contributed by atoms with Crippen LogP contribution in [0, 0.1) is 0 Å². The van der Waals surface area contributed by atoms with E-state index in [4.69, 9.17) is 4.74 Å². The van der Waals surface area contributed by atoms with Gasteiger partial charge in [-0.25, -0.2) is 9.78 Å². The average Bonchev–Trinajstić information content (AvgIpc) is 3.26. The zero-order valence-electron chi connectivity index (χ0n) is 19.4. The van der Waals surface area contributed by atoms with Gasteiger partial charge in [-0.3, -0.25) is 9.78 Å². The van der Waals surface area contributed by atoms with E-state index in [0.717, 1.165) is 23.1 Å². The van der Waals surface area contributed by atoms with Crippen molar-refractivity contribution in [2.75, 3.05) is 38.1 Å². The molecule has 0 spiro atoms. The number of carbonyl (C=O) groups is 2. The second-order valence-electron chi connectivity index (χ2n) is 8.86. The Bertz CT molecular complexity index is 1270. The highest BCUT2D eigenvalue weighted by Gasteiger charge is 2.37. The first kappa shape index (κ1) is 24.3. The van der Waals surface area contributed by atoms with Gasteiger partial charge in [0, 0.05) is 69.3 Å². The number of amides is 2. The highest BCUT2D eigenvalue weighted by Crippen LogP contribution is 2.40. The van der Waals surface area contributed by atoms with Crippen molar-refractivity contribution < 1.29 is 27.5 Å². The maximum absolute atomic E-state index is 13.8. The van der Waals surface area contributed by atoms with E-state index in [2.05, 4.69) is 15.3 Å². The molecule has 0 radical (unpaired) electrons. The fraction of sp³-hybridized carbons (Fsp3) is 0.417. The summed E-state index contributed by atoms with van der Waals surface area (Å²) in [6.07, 6.45) is -2.62. The average molecular weight is 520 g/mol. The molecule has 0 unspecified atom stereocenters. The molecule has 5 heterocycles. The highest BCUT2D eigenvalue weighted by atomic mass is 32.1. The van der Waals surface area contributed by atoms with Crippen LogP contribution in [-0.2, 0) is 10.9 Å². The van der Waals surface area contributed by atoms with Crippen LogP contribution >= 0.6 is 11.3 Å². The summed E-state index contributed by atoms with van der Waals surface area (Å²) in [6.45, 7) is 1.85. The quantitative estimate of drug-likeness (QED) is 0.554. The molecular formula is C24H24F3N5O3S. The number of piperidine rings is 1. The normalized spacial score (nSPS) is 17.2. The van der Waals surface area contributed by atoms with Crippen molar-refractivity contribution >= 4 is 39.4 Å². The van der Waals surface area contributed by atoms with E-state index in [1.54, 1.807) is 16.0 Å². The number of halogens is 3. The SMILES string of the molecule is CNC(=O)c1csc2c(C(F)(F)F)cc(N3CCC(OC(=O)N4CC(c5ccccn5)C4)CC3)nc12. The van der Waals surface area contributed by atoms with E-state index in [1.807, 2.05) is 18.2 Å². The van der Waals surface area contributed by atoms with Gasteiger partial charge in [-0.2, -0.15) is 13.2 Å². The van der Waals surface area contributed by atoms with Crippen LogP contribution in [0.25, 0.3) is 10.2 Å². The predicted octanol–water partition coefficient (Wildman–Crippen LogP) is 4.27. The van der Waals surface area contributed by atoms with Gasteiger partial charge in [-0.1, -0.05) is 6.07 Å². The number of pyridine rings is 2. The van der Waals surface area contributed by atoms with Gasteiger partial charge in [0.15, 0.2) is 0 Å². The van der Waals surface area contributed by atoms with Gasteiger partial charge in [-0.15, -0.1) is 11.3 Å². The second kappa shape index (κ2) is 9.57. The molecule has 0 atom stereocenters. The number of carbonyl (C=O) groups excluding carboxylic acids is 2. The van der Waals surface area contributed by atoms with Crippen molar-refractivity contribution in [3.8, 4) is 0 Å². The lowest BCUT2D eigenvalue weighted by atomic mass is 9.96. The Labute approximate surface area is 209 Å². The molecule has 0 aromatic carbocycles. The van der Waals surface area contributed by atoms with Crippen LogP contribution in [0.2, 0.25) is 0 Å². The lowest BCUT2D eigenvalue weighted by molar-refractivity contribution is -0.136. The summed E-state index contributed by atoms with van der Waals surface area (Å²) in [6, 6.07) is 6.74. The van der Waals surface area contributed by atoms with E-state index < -0.39 is 17.6 Å². The molecule has 2 amide bonds. The third-order valence-corrected chi connectivity index (χ3v) is 7.57. The van der Waals surface area contributed by atoms with E-state index in [0.29, 0.717) is 39.0 Å². The van der Waals surface area contributed by atoms with E-state index >= 15 is 0 Å². The number of hydrogen-bond acceptors (Lipinski definition) is 7. The van der Waals surface area contributed by atoms with Crippen molar-refractivity contribution in [1.82, 2.24) is 20.2 Å². The second-order valence-corrected chi connectivity index (χ2v) is 9.74. The van der Waals surface area contributed by atoms with Crippen LogP contribution in [0.3, 0.4) is 0 Å². The van der Waals surface area contributed by atoms with Gasteiger partial charge >= 0.3 is 12.3 Å². The first-order chi connectivity index (χ1) is 17.2. The van der Waals surface area contributed by atoms with E-state index in [-0.39, 0.29) is 39.7 Å². The van der Waals surface area contributed by atoms with Crippen molar-refractivity contribution in [2.24, 2.45) is 0 Å². The lowest BCUT2D eigenvalue weighted by Crippen LogP contribution is -2.50. The smallest absolute Gasteiger partial charge is 0.417 e. The summed E-state index contributed by atoms with van der Waals surface area (Å²) in [5, 5.41) is 3.85. The Morgan fingerprint density at radius 2 is 1.94 bits per heavy atom. The van der Waals surface area contributed by atoms with Crippen LogP contribution < -0.4 is 10.2 Å². The van der Waals surface area contributed by atoms with E-state index in [9.17, 15) is 22.8 Å². The number of hydrogen-bond donors (Lipinski definition) is 1. The Hall–Kier alpha value is -3.41. The molecule has 2 saturated heterocycles. The molecule has 2 aliphatic rings. The maximum Gasteiger partial charge on any atom is 0.417 e. The monoisotopic (exact) mass is 519 g/mol. The molecule has 0 aliphatic carbocycles. The molecule has 190 valence electrons. The zero-order valence-corrected chi connectivity index (χ0v) is 20.2. The number of nitrogens with zero attached hydrogens (tertiary/aromatic N) is 4. The van der Waals surface area contributed by atoms with E-state index in [1.165, 1.54) is 12.4 Å². The number of fused-ring (bicyclic) bond motifs is 1. The van der Waals surface area contributed by atoms with Crippen molar-refractivity contribution in [2.45, 2.75) is 31.0 Å². The van der Waals surface area contributed by atoms with Crippen molar-refractivity contribution in [1.29, 1.82) is 0 Å². The van der Waals surface area contributed by atoms with Gasteiger partial charge in [0.25, 0.3) is 5.91 Å². The van der Waals surface area contributed by atoms with Crippen molar-refractivity contribution in [3.63, 3.8) is 0 Å². The molecule has 1 N–H and O–H groups in total. The van der Waals surface area contributed by atoms with Crippen LogP contribution in [0.15, 0.2) is 35.8 Å². The number of nitrogens with one attached hydrogen (secondary N) is 1. The molecular weight excluding hydrogens is 495 g/mol. The fourth-order valence-electron chi connectivity index (χ4n) is 4.52. The van der Waals surface area contributed by atoms with Gasteiger partial charge in [0.2, 0.25) is 0 Å². The first-order valence-electron chi connectivity index (χ1n) is 11.6. The topological polar surface area (TPSA) is 87.7 Å². The Morgan fingerprint density at radius 3 is 2.58 bits per heavy atom. The maximum atomic E-state index is 13.8. The number of rotatable bonds is 4. The lowest BCUT2D eigenvalue weighted by Gasteiger charge is -2.39. The van der Waals surface area contributed by atoms with Crippen LogP contribution in [0.5, 0.6) is 0 Å². The summed E-state index contributed by atoms with van der Waals surface area (Å²) >= 11 is 0.855. The summed E-state index contributed by atoms with van der Waals surface area (Å²) < 4.78 is 47.0. The molecule has 3 aromatic heterocycles. The first-order valence-corrected chi connectivity index (χ1v) is 12.5. The number of alkyl halides is 3. The third-order valence-electron chi connectivity index (χ3n) is 6.57. The van der Waals surface area contributed by atoms with Gasteiger partial charge in [-0.05, 0) is 18.2 Å². The number of anilines is 1.